The third kappa shape index (κ3) is 5.31. The Hall–Kier alpha value is -2.74. The van der Waals surface area contributed by atoms with Gasteiger partial charge < -0.3 is 9.73 Å². The minimum Gasteiger partial charge on any atom is -0.467 e. The van der Waals surface area contributed by atoms with E-state index >= 15 is 0 Å². The first kappa shape index (κ1) is 21.5. The van der Waals surface area contributed by atoms with E-state index in [0.717, 1.165) is 16.9 Å². The average molecular weight is 473 g/mol. The Morgan fingerprint density at radius 3 is 2.61 bits per heavy atom. The molecule has 0 aliphatic rings. The number of halogens is 2. The van der Waals surface area contributed by atoms with Gasteiger partial charge in [-0.2, -0.15) is 0 Å². The maximum absolute atomic E-state index is 12.5. The van der Waals surface area contributed by atoms with Crippen LogP contribution in [0, 0.1) is 6.92 Å². The van der Waals surface area contributed by atoms with Crippen molar-refractivity contribution in [2.24, 2.45) is 0 Å². The summed E-state index contributed by atoms with van der Waals surface area (Å²) >= 11 is 13.4. The second-order valence-corrected chi connectivity index (χ2v) is 8.59. The van der Waals surface area contributed by atoms with E-state index in [1.165, 1.54) is 11.8 Å². The number of carbonyl (C=O) groups excluding carboxylic acids is 1. The van der Waals surface area contributed by atoms with Crippen LogP contribution >= 0.6 is 35.0 Å². The average Bonchev–Trinajstić information content (AvgIpc) is 3.40. The van der Waals surface area contributed by atoms with Crippen LogP contribution in [0.25, 0.3) is 11.4 Å². The molecule has 2 aromatic heterocycles. The fourth-order valence-electron chi connectivity index (χ4n) is 2.95. The lowest BCUT2D eigenvalue weighted by atomic mass is 10.2. The molecule has 0 atom stereocenters. The van der Waals surface area contributed by atoms with Crippen LogP contribution in [0.2, 0.25) is 10.0 Å². The third-order valence-corrected chi connectivity index (χ3v) is 5.97. The highest BCUT2D eigenvalue weighted by Crippen LogP contribution is 2.27. The molecule has 4 aromatic rings. The molecule has 0 aliphatic carbocycles. The minimum atomic E-state index is -0.157. The summed E-state index contributed by atoms with van der Waals surface area (Å²) in [7, 11) is 0. The lowest BCUT2D eigenvalue weighted by Gasteiger charge is -2.10. The van der Waals surface area contributed by atoms with Gasteiger partial charge in [-0.3, -0.25) is 9.36 Å². The first-order chi connectivity index (χ1) is 15.0. The number of thioether (sulfide) groups is 1. The molecule has 0 spiro atoms. The third-order valence-electron chi connectivity index (χ3n) is 4.52. The molecule has 1 amide bonds. The second-order valence-electron chi connectivity index (χ2n) is 6.77. The van der Waals surface area contributed by atoms with Crippen LogP contribution in [-0.2, 0) is 11.3 Å². The summed E-state index contributed by atoms with van der Waals surface area (Å²) in [6.45, 7) is 2.35. The number of nitrogens with one attached hydrogen (secondary N) is 1. The normalized spacial score (nSPS) is 10.9. The van der Waals surface area contributed by atoms with Crippen molar-refractivity contribution in [3.63, 3.8) is 0 Å². The van der Waals surface area contributed by atoms with Gasteiger partial charge in [0, 0.05) is 21.3 Å². The maximum Gasteiger partial charge on any atom is 0.234 e. The molecule has 158 valence electrons. The van der Waals surface area contributed by atoms with E-state index in [-0.39, 0.29) is 11.7 Å². The Kier molecular flexibility index (Phi) is 6.65. The predicted octanol–water partition coefficient (Wildman–Crippen LogP) is 5.93. The largest absolute Gasteiger partial charge is 0.467 e. The lowest BCUT2D eigenvalue weighted by molar-refractivity contribution is -0.113. The molecule has 0 aliphatic heterocycles. The molecule has 6 nitrogen and oxygen atoms in total. The molecule has 0 bridgehead atoms. The van der Waals surface area contributed by atoms with Crippen molar-refractivity contribution in [3.8, 4) is 11.4 Å². The highest BCUT2D eigenvalue weighted by Gasteiger charge is 2.17. The van der Waals surface area contributed by atoms with Gasteiger partial charge in [0.25, 0.3) is 0 Å². The fourth-order valence-corrected chi connectivity index (χ4v) is 3.99. The second kappa shape index (κ2) is 9.60. The van der Waals surface area contributed by atoms with Gasteiger partial charge in [-0.1, -0.05) is 41.0 Å². The van der Waals surface area contributed by atoms with Gasteiger partial charge in [0.15, 0.2) is 11.0 Å². The summed E-state index contributed by atoms with van der Waals surface area (Å²) in [6, 6.07) is 16.5. The molecule has 0 fully saturated rings. The summed E-state index contributed by atoms with van der Waals surface area (Å²) in [5, 5.41) is 13.4. The molecule has 0 saturated carbocycles. The zero-order valence-electron chi connectivity index (χ0n) is 16.5. The Balaban J connectivity index is 1.54. The zero-order valence-corrected chi connectivity index (χ0v) is 18.8. The molecule has 4 rings (SSSR count). The van der Waals surface area contributed by atoms with Crippen LogP contribution in [0.4, 0.5) is 5.69 Å². The highest BCUT2D eigenvalue weighted by atomic mass is 35.5. The van der Waals surface area contributed by atoms with Crippen LogP contribution in [0.3, 0.4) is 0 Å². The van der Waals surface area contributed by atoms with Gasteiger partial charge in [0.1, 0.15) is 5.76 Å². The number of hydrogen-bond donors (Lipinski definition) is 1. The van der Waals surface area contributed by atoms with E-state index in [1.807, 2.05) is 41.8 Å². The molecular formula is C22H18Cl2N4O2S. The van der Waals surface area contributed by atoms with Gasteiger partial charge in [-0.25, -0.2) is 0 Å². The number of benzene rings is 2. The van der Waals surface area contributed by atoms with Gasteiger partial charge in [0.2, 0.25) is 5.91 Å². The van der Waals surface area contributed by atoms with Crippen molar-refractivity contribution in [2.45, 2.75) is 18.6 Å². The minimum absolute atomic E-state index is 0.157. The standard InChI is InChI=1S/C22H18Cl2N4O2S/c1-14-4-7-17(24)11-19(14)25-20(29)13-31-22-27-26-21(15-5-8-16(23)9-6-15)28(22)12-18-3-2-10-30-18/h2-11H,12-13H2,1H3,(H,25,29). The number of amides is 1. The molecule has 0 unspecified atom stereocenters. The summed E-state index contributed by atoms with van der Waals surface area (Å²) in [5.41, 5.74) is 2.50. The van der Waals surface area contributed by atoms with Crippen LogP contribution < -0.4 is 5.32 Å². The van der Waals surface area contributed by atoms with Crippen LogP contribution in [0.5, 0.6) is 0 Å². The number of rotatable bonds is 7. The number of carbonyl (C=O) groups is 1. The maximum atomic E-state index is 12.5. The number of furan rings is 1. The molecule has 9 heteroatoms. The van der Waals surface area contributed by atoms with E-state index in [0.29, 0.717) is 33.3 Å². The van der Waals surface area contributed by atoms with Gasteiger partial charge in [-0.15, -0.1) is 10.2 Å². The topological polar surface area (TPSA) is 73.0 Å². The highest BCUT2D eigenvalue weighted by molar-refractivity contribution is 7.99. The molecule has 1 N–H and O–H groups in total. The monoisotopic (exact) mass is 472 g/mol. The Bertz CT molecular complexity index is 1190. The summed E-state index contributed by atoms with van der Waals surface area (Å²) in [6.07, 6.45) is 1.62. The van der Waals surface area contributed by atoms with Crippen molar-refractivity contribution < 1.29 is 9.21 Å². The molecule has 0 radical (unpaired) electrons. The van der Waals surface area contributed by atoms with E-state index in [4.69, 9.17) is 27.6 Å². The van der Waals surface area contributed by atoms with E-state index in [1.54, 1.807) is 30.5 Å². The quantitative estimate of drug-likeness (QED) is 0.337. The molecule has 31 heavy (non-hydrogen) atoms. The fraction of sp³-hybridized carbons (Fsp3) is 0.136. The smallest absolute Gasteiger partial charge is 0.234 e. The van der Waals surface area contributed by atoms with Gasteiger partial charge in [-0.05, 0) is 61.0 Å². The summed E-state index contributed by atoms with van der Waals surface area (Å²) in [5.74, 6) is 1.44. The first-order valence-electron chi connectivity index (χ1n) is 9.40. The Morgan fingerprint density at radius 2 is 1.87 bits per heavy atom. The number of aryl methyl sites for hydroxylation is 1. The van der Waals surface area contributed by atoms with Crippen molar-refractivity contribution in [1.29, 1.82) is 0 Å². The van der Waals surface area contributed by atoms with E-state index in [9.17, 15) is 4.79 Å². The molecule has 2 aromatic carbocycles. The molecule has 2 heterocycles. The van der Waals surface area contributed by atoms with Crippen LogP contribution in [-0.4, -0.2) is 26.4 Å². The van der Waals surface area contributed by atoms with Crippen molar-refractivity contribution in [2.75, 3.05) is 11.1 Å². The molecule has 0 saturated heterocycles. The Labute approximate surface area is 193 Å². The SMILES string of the molecule is Cc1ccc(Cl)cc1NC(=O)CSc1nnc(-c2ccc(Cl)cc2)n1Cc1ccco1. The van der Waals surface area contributed by atoms with E-state index in [2.05, 4.69) is 15.5 Å². The lowest BCUT2D eigenvalue weighted by Crippen LogP contribution is -2.15. The van der Waals surface area contributed by atoms with Crippen molar-refractivity contribution >= 4 is 46.6 Å². The van der Waals surface area contributed by atoms with Crippen LogP contribution in [0.1, 0.15) is 11.3 Å². The van der Waals surface area contributed by atoms with Crippen LogP contribution in [0.15, 0.2) is 70.4 Å². The predicted molar refractivity (Wildman–Crippen MR) is 124 cm³/mol. The number of nitrogens with zero attached hydrogens (tertiary/aromatic N) is 3. The number of anilines is 1. The van der Waals surface area contributed by atoms with Crippen molar-refractivity contribution in [3.05, 3.63) is 82.2 Å². The van der Waals surface area contributed by atoms with Gasteiger partial charge in [0.05, 0.1) is 18.6 Å². The summed E-state index contributed by atoms with van der Waals surface area (Å²) < 4.78 is 7.42. The Morgan fingerprint density at radius 1 is 1.10 bits per heavy atom. The molecular weight excluding hydrogens is 455 g/mol. The first-order valence-corrected chi connectivity index (χ1v) is 11.1. The van der Waals surface area contributed by atoms with Gasteiger partial charge >= 0.3 is 0 Å². The zero-order chi connectivity index (χ0) is 21.8. The number of aromatic nitrogens is 3. The van der Waals surface area contributed by atoms with Crippen molar-refractivity contribution in [1.82, 2.24) is 14.8 Å². The van der Waals surface area contributed by atoms with E-state index < -0.39 is 0 Å². The number of hydrogen-bond acceptors (Lipinski definition) is 5. The summed E-state index contributed by atoms with van der Waals surface area (Å²) in [4.78, 5) is 12.5.